The van der Waals surface area contributed by atoms with Gasteiger partial charge in [0.25, 0.3) is 0 Å². The van der Waals surface area contributed by atoms with Gasteiger partial charge in [-0.15, -0.1) is 0 Å². The second-order valence-corrected chi connectivity index (χ2v) is 7.27. The summed E-state index contributed by atoms with van der Waals surface area (Å²) in [6, 6.07) is 5.03. The minimum absolute atomic E-state index is 0.530. The number of halogens is 1. The summed E-state index contributed by atoms with van der Waals surface area (Å²) in [7, 11) is 4.18. The van der Waals surface area contributed by atoms with E-state index in [9.17, 15) is 4.57 Å². The average molecular weight is 283 g/mol. The second kappa shape index (κ2) is 5.94. The van der Waals surface area contributed by atoms with Gasteiger partial charge in [-0.3, -0.25) is 0 Å². The fraction of sp³-hybridized carbons (Fsp3) is 0.333. The minimum atomic E-state index is -3.18. The lowest BCUT2D eigenvalue weighted by Gasteiger charge is -2.14. The van der Waals surface area contributed by atoms with Crippen molar-refractivity contribution >= 4 is 29.8 Å². The Morgan fingerprint density at radius 3 is 2.38 bits per heavy atom. The van der Waals surface area contributed by atoms with Gasteiger partial charge in [-0.1, -0.05) is 11.6 Å². The van der Waals surface area contributed by atoms with Crippen LogP contribution in [-0.2, 0) is 13.6 Å². The van der Waals surface area contributed by atoms with Crippen molar-refractivity contribution < 1.29 is 18.3 Å². The summed E-state index contributed by atoms with van der Waals surface area (Å²) in [5.74, 6) is 0.573. The van der Waals surface area contributed by atoms with Gasteiger partial charge >= 0.3 is 6.80 Å². The standard InChI is InChI=1S/C9H12ClO4PS/c1-12-8-5-4-7(10)6-9(8)16-15(11,13-2)14-3/h4-6H,1-3H3. The van der Waals surface area contributed by atoms with Crippen molar-refractivity contribution in [3.05, 3.63) is 23.2 Å². The highest BCUT2D eigenvalue weighted by Crippen LogP contribution is 2.64. The third-order valence-corrected chi connectivity index (χ3v) is 5.81. The van der Waals surface area contributed by atoms with Crippen LogP contribution in [0.2, 0.25) is 5.02 Å². The molecular formula is C9H12ClO4PS. The first-order valence-electron chi connectivity index (χ1n) is 4.29. The molecule has 7 heteroatoms. The van der Waals surface area contributed by atoms with E-state index in [4.69, 9.17) is 25.4 Å². The molecule has 0 spiro atoms. The van der Waals surface area contributed by atoms with Crippen LogP contribution in [0.1, 0.15) is 0 Å². The molecule has 0 aliphatic rings. The number of methoxy groups -OCH3 is 1. The zero-order valence-corrected chi connectivity index (χ0v) is 11.6. The number of rotatable bonds is 5. The zero-order valence-electron chi connectivity index (χ0n) is 9.10. The maximum Gasteiger partial charge on any atom is 0.393 e. The first-order valence-corrected chi connectivity index (χ1v) is 7.63. The molecule has 0 saturated carbocycles. The van der Waals surface area contributed by atoms with Crippen LogP contribution in [0.15, 0.2) is 23.1 Å². The number of hydrogen-bond acceptors (Lipinski definition) is 5. The molecule has 90 valence electrons. The van der Waals surface area contributed by atoms with Crippen LogP contribution in [-0.4, -0.2) is 21.3 Å². The minimum Gasteiger partial charge on any atom is -0.496 e. The lowest BCUT2D eigenvalue weighted by molar-refractivity contribution is 0.295. The lowest BCUT2D eigenvalue weighted by atomic mass is 10.3. The molecule has 1 rings (SSSR count). The Morgan fingerprint density at radius 1 is 1.25 bits per heavy atom. The number of benzene rings is 1. The highest BCUT2D eigenvalue weighted by molar-refractivity contribution is 8.55. The molecule has 1 aromatic rings. The van der Waals surface area contributed by atoms with E-state index in [1.54, 1.807) is 18.2 Å². The first kappa shape index (κ1) is 13.9. The average Bonchev–Trinajstić information content (AvgIpc) is 2.29. The van der Waals surface area contributed by atoms with Gasteiger partial charge < -0.3 is 13.8 Å². The van der Waals surface area contributed by atoms with Gasteiger partial charge in [0.15, 0.2) is 0 Å². The maximum absolute atomic E-state index is 11.9. The van der Waals surface area contributed by atoms with Crippen molar-refractivity contribution in [3.8, 4) is 5.75 Å². The SMILES string of the molecule is COc1ccc(Cl)cc1SP(=O)(OC)OC. The molecule has 0 bridgehead atoms. The van der Waals surface area contributed by atoms with Gasteiger partial charge in [-0.05, 0) is 29.6 Å². The Balaban J connectivity index is 3.03. The normalized spacial score (nSPS) is 11.5. The van der Waals surface area contributed by atoms with E-state index in [1.165, 1.54) is 21.3 Å². The lowest BCUT2D eigenvalue weighted by Crippen LogP contribution is -1.88. The summed E-state index contributed by atoms with van der Waals surface area (Å²) in [6.07, 6.45) is 0. The fourth-order valence-corrected chi connectivity index (χ4v) is 3.79. The largest absolute Gasteiger partial charge is 0.496 e. The molecule has 0 saturated heterocycles. The first-order chi connectivity index (χ1) is 7.54. The predicted molar refractivity (Wildman–Crippen MR) is 65.5 cm³/mol. The van der Waals surface area contributed by atoms with Crippen molar-refractivity contribution in [3.63, 3.8) is 0 Å². The molecule has 0 fully saturated rings. The number of hydrogen-bond donors (Lipinski definition) is 0. The molecule has 0 N–H and O–H groups in total. The molecule has 0 amide bonds. The summed E-state index contributed by atoms with van der Waals surface area (Å²) in [6.45, 7) is -3.18. The molecule has 4 nitrogen and oxygen atoms in total. The maximum atomic E-state index is 11.9. The van der Waals surface area contributed by atoms with Crippen molar-refractivity contribution in [1.82, 2.24) is 0 Å². The van der Waals surface area contributed by atoms with Crippen LogP contribution < -0.4 is 4.74 Å². The Hall–Kier alpha value is -0.190. The molecular weight excluding hydrogens is 271 g/mol. The topological polar surface area (TPSA) is 44.8 Å². The second-order valence-electron chi connectivity index (χ2n) is 2.70. The van der Waals surface area contributed by atoms with Crippen LogP contribution >= 0.6 is 29.8 Å². The van der Waals surface area contributed by atoms with Gasteiger partial charge in [0.2, 0.25) is 0 Å². The summed E-state index contributed by atoms with van der Waals surface area (Å²) >= 11 is 6.81. The van der Waals surface area contributed by atoms with Crippen molar-refractivity contribution in [1.29, 1.82) is 0 Å². The predicted octanol–water partition coefficient (Wildman–Crippen LogP) is 3.84. The summed E-state index contributed by atoms with van der Waals surface area (Å²) in [5.41, 5.74) is 0. The van der Waals surface area contributed by atoms with Crippen molar-refractivity contribution in [2.24, 2.45) is 0 Å². The summed E-state index contributed by atoms with van der Waals surface area (Å²) in [4.78, 5) is 0.613. The smallest absolute Gasteiger partial charge is 0.393 e. The molecule has 0 unspecified atom stereocenters. The molecule has 16 heavy (non-hydrogen) atoms. The molecule has 1 aromatic carbocycles. The third kappa shape index (κ3) is 3.40. The zero-order chi connectivity index (χ0) is 12.2. The molecule has 0 heterocycles. The highest BCUT2D eigenvalue weighted by atomic mass is 35.5. The van der Waals surface area contributed by atoms with E-state index in [2.05, 4.69) is 0 Å². The van der Waals surface area contributed by atoms with Crippen LogP contribution in [0.4, 0.5) is 0 Å². The summed E-state index contributed by atoms with van der Waals surface area (Å²) < 4.78 is 26.7. The Morgan fingerprint density at radius 2 is 1.88 bits per heavy atom. The monoisotopic (exact) mass is 282 g/mol. The Kier molecular flexibility index (Phi) is 5.15. The fourth-order valence-electron chi connectivity index (χ4n) is 0.991. The quantitative estimate of drug-likeness (QED) is 0.768. The Bertz CT molecular complexity index is 404. The van der Waals surface area contributed by atoms with E-state index in [0.29, 0.717) is 15.7 Å². The molecule has 0 aromatic heterocycles. The Labute approximate surface area is 104 Å². The van der Waals surface area contributed by atoms with Gasteiger partial charge in [-0.2, -0.15) is 0 Å². The van der Waals surface area contributed by atoms with E-state index in [-0.39, 0.29) is 0 Å². The van der Waals surface area contributed by atoms with Crippen LogP contribution in [0.3, 0.4) is 0 Å². The third-order valence-electron chi connectivity index (χ3n) is 1.78. The van der Waals surface area contributed by atoms with Crippen LogP contribution in [0.25, 0.3) is 0 Å². The van der Waals surface area contributed by atoms with Crippen molar-refractivity contribution in [2.45, 2.75) is 4.90 Å². The van der Waals surface area contributed by atoms with Gasteiger partial charge in [0, 0.05) is 19.2 Å². The van der Waals surface area contributed by atoms with Gasteiger partial charge in [-0.25, -0.2) is 4.57 Å². The molecule has 0 atom stereocenters. The van der Waals surface area contributed by atoms with E-state index in [1.807, 2.05) is 0 Å². The summed E-state index contributed by atoms with van der Waals surface area (Å²) in [5, 5.41) is 0.530. The van der Waals surface area contributed by atoms with Gasteiger partial charge in [0.1, 0.15) is 5.75 Å². The van der Waals surface area contributed by atoms with Crippen LogP contribution in [0.5, 0.6) is 5.75 Å². The van der Waals surface area contributed by atoms with E-state index in [0.717, 1.165) is 11.4 Å². The van der Waals surface area contributed by atoms with E-state index >= 15 is 0 Å². The highest BCUT2D eigenvalue weighted by Gasteiger charge is 2.25. The molecule has 0 radical (unpaired) electrons. The molecule has 0 aliphatic heterocycles. The molecule has 0 aliphatic carbocycles. The van der Waals surface area contributed by atoms with E-state index < -0.39 is 6.80 Å². The van der Waals surface area contributed by atoms with Crippen molar-refractivity contribution in [2.75, 3.05) is 21.3 Å². The van der Waals surface area contributed by atoms with Crippen LogP contribution in [0, 0.1) is 0 Å². The van der Waals surface area contributed by atoms with Gasteiger partial charge in [0.05, 0.1) is 12.0 Å². The number of ether oxygens (including phenoxy) is 1.